The molecule has 0 unspecified atom stereocenters. The largest absolute Gasteiger partial charge is 0.494 e. The van der Waals surface area contributed by atoms with Gasteiger partial charge in [0.05, 0.1) is 30.3 Å². The monoisotopic (exact) mass is 486 g/mol. The van der Waals surface area contributed by atoms with Gasteiger partial charge in [0.25, 0.3) is 0 Å². The minimum Gasteiger partial charge on any atom is -0.494 e. The fraction of sp³-hybridized carbons (Fsp3) is 0.240. The third kappa shape index (κ3) is 6.55. The van der Waals surface area contributed by atoms with Gasteiger partial charge in [0.1, 0.15) is 17.3 Å². The maximum atomic E-state index is 13.3. The number of nitrogens with one attached hydrogen (secondary N) is 1. The van der Waals surface area contributed by atoms with E-state index in [-0.39, 0.29) is 11.4 Å². The quantitative estimate of drug-likeness (QED) is 0.433. The molecule has 180 valence electrons. The van der Waals surface area contributed by atoms with Gasteiger partial charge in [-0.2, -0.15) is 4.31 Å². The van der Waals surface area contributed by atoms with Crippen LogP contribution >= 0.6 is 0 Å². The van der Waals surface area contributed by atoms with Crippen molar-refractivity contribution in [3.05, 3.63) is 84.2 Å². The van der Waals surface area contributed by atoms with Crippen LogP contribution in [0.2, 0.25) is 0 Å². The first-order chi connectivity index (χ1) is 16.3. The first kappa shape index (κ1) is 25.2. The van der Waals surface area contributed by atoms with Crippen LogP contribution < -0.4 is 14.8 Å². The lowest BCUT2D eigenvalue weighted by Gasteiger charge is -2.22. The van der Waals surface area contributed by atoms with Crippen molar-refractivity contribution >= 4 is 21.6 Å². The van der Waals surface area contributed by atoms with E-state index in [0.29, 0.717) is 36.0 Å². The van der Waals surface area contributed by atoms with Crippen LogP contribution in [0.25, 0.3) is 0 Å². The van der Waals surface area contributed by atoms with Crippen LogP contribution in [0.15, 0.2) is 77.7 Å². The molecule has 0 radical (unpaired) electrons. The van der Waals surface area contributed by atoms with Gasteiger partial charge in [-0.05, 0) is 55.8 Å². The number of amides is 1. The summed E-state index contributed by atoms with van der Waals surface area (Å²) in [6.07, 6.45) is 0. The molecular weight excluding hydrogens is 459 g/mol. The van der Waals surface area contributed by atoms with Crippen molar-refractivity contribution in [3.8, 4) is 11.5 Å². The van der Waals surface area contributed by atoms with Gasteiger partial charge in [0.2, 0.25) is 15.9 Å². The van der Waals surface area contributed by atoms with Crippen molar-refractivity contribution in [2.24, 2.45) is 0 Å². The maximum absolute atomic E-state index is 13.3. The summed E-state index contributed by atoms with van der Waals surface area (Å²) in [5, 5.41) is 2.73. The Morgan fingerprint density at radius 3 is 2.26 bits per heavy atom. The lowest BCUT2D eigenvalue weighted by molar-refractivity contribution is -0.116. The number of carbonyl (C=O) groups is 1. The first-order valence-corrected chi connectivity index (χ1v) is 12.3. The fourth-order valence-corrected chi connectivity index (χ4v) is 4.66. The second-order valence-electron chi connectivity index (χ2n) is 7.28. The predicted octanol–water partition coefficient (Wildman–Crippen LogP) is 4.45. The van der Waals surface area contributed by atoms with Crippen molar-refractivity contribution in [3.63, 3.8) is 0 Å². The Bertz CT molecular complexity index is 1200. The molecule has 0 aliphatic rings. The number of sulfonamides is 1. The SMILES string of the molecule is CCOc1ccc(OCC)c(NC(=O)CN(Cc2ccc(F)cc2)S(=O)(=O)c2ccccc2)c1. The summed E-state index contributed by atoms with van der Waals surface area (Å²) in [5.74, 6) is -0.00977. The second kappa shape index (κ2) is 11.6. The Hall–Kier alpha value is -3.43. The van der Waals surface area contributed by atoms with Crippen molar-refractivity contribution < 1.29 is 27.1 Å². The van der Waals surface area contributed by atoms with Crippen LogP contribution in [-0.2, 0) is 21.4 Å². The number of halogens is 1. The van der Waals surface area contributed by atoms with E-state index < -0.39 is 28.3 Å². The van der Waals surface area contributed by atoms with E-state index in [4.69, 9.17) is 9.47 Å². The number of hydrogen-bond acceptors (Lipinski definition) is 5. The van der Waals surface area contributed by atoms with E-state index in [9.17, 15) is 17.6 Å². The average Bonchev–Trinajstić information content (AvgIpc) is 2.82. The van der Waals surface area contributed by atoms with E-state index in [2.05, 4.69) is 5.32 Å². The zero-order valence-corrected chi connectivity index (χ0v) is 19.8. The molecule has 1 amide bonds. The van der Waals surface area contributed by atoms with Crippen LogP contribution in [0.5, 0.6) is 11.5 Å². The highest BCUT2D eigenvalue weighted by molar-refractivity contribution is 7.89. The van der Waals surface area contributed by atoms with Crippen LogP contribution in [-0.4, -0.2) is 38.4 Å². The lowest BCUT2D eigenvalue weighted by atomic mass is 10.2. The Labute approximate surface area is 199 Å². The molecule has 0 saturated carbocycles. The molecule has 0 bridgehead atoms. The van der Waals surface area contributed by atoms with Gasteiger partial charge < -0.3 is 14.8 Å². The molecule has 7 nitrogen and oxygen atoms in total. The molecule has 3 aromatic rings. The van der Waals surface area contributed by atoms with Crippen molar-refractivity contribution in [1.29, 1.82) is 0 Å². The normalized spacial score (nSPS) is 11.3. The zero-order chi connectivity index (χ0) is 24.6. The van der Waals surface area contributed by atoms with Gasteiger partial charge in [-0.1, -0.05) is 30.3 Å². The summed E-state index contributed by atoms with van der Waals surface area (Å²) < 4.78 is 52.1. The molecule has 0 fully saturated rings. The number of ether oxygens (including phenoxy) is 2. The molecule has 0 atom stereocenters. The number of carbonyl (C=O) groups excluding carboxylic acids is 1. The predicted molar refractivity (Wildman–Crippen MR) is 128 cm³/mol. The molecule has 0 spiro atoms. The van der Waals surface area contributed by atoms with Gasteiger partial charge in [-0.3, -0.25) is 4.79 Å². The number of hydrogen-bond donors (Lipinski definition) is 1. The number of nitrogens with zero attached hydrogens (tertiary/aromatic N) is 1. The van der Waals surface area contributed by atoms with Crippen molar-refractivity contribution in [2.45, 2.75) is 25.3 Å². The summed E-state index contributed by atoms with van der Waals surface area (Å²) in [5.41, 5.74) is 0.915. The highest BCUT2D eigenvalue weighted by Gasteiger charge is 2.27. The summed E-state index contributed by atoms with van der Waals surface area (Å²) >= 11 is 0. The summed E-state index contributed by atoms with van der Waals surface area (Å²) in [6.45, 7) is 3.93. The summed E-state index contributed by atoms with van der Waals surface area (Å²) in [6, 6.07) is 18.3. The lowest BCUT2D eigenvalue weighted by Crippen LogP contribution is -2.37. The molecular formula is C25H27FN2O5S. The van der Waals surface area contributed by atoms with Gasteiger partial charge in [0, 0.05) is 12.6 Å². The van der Waals surface area contributed by atoms with E-state index in [0.717, 1.165) is 4.31 Å². The number of benzene rings is 3. The van der Waals surface area contributed by atoms with Gasteiger partial charge in [0.15, 0.2) is 0 Å². The molecule has 0 aromatic heterocycles. The first-order valence-electron chi connectivity index (χ1n) is 10.8. The van der Waals surface area contributed by atoms with Crippen LogP contribution in [0.3, 0.4) is 0 Å². The highest BCUT2D eigenvalue weighted by atomic mass is 32.2. The molecule has 34 heavy (non-hydrogen) atoms. The van der Waals surface area contributed by atoms with Crippen molar-refractivity contribution in [1.82, 2.24) is 4.31 Å². The summed E-state index contributed by atoms with van der Waals surface area (Å²) in [7, 11) is -4.01. The molecule has 9 heteroatoms. The number of anilines is 1. The minimum absolute atomic E-state index is 0.0539. The molecule has 1 N–H and O–H groups in total. The average molecular weight is 487 g/mol. The van der Waals surface area contributed by atoms with E-state index in [1.54, 1.807) is 36.4 Å². The maximum Gasteiger partial charge on any atom is 0.243 e. The molecule has 0 aliphatic carbocycles. The third-order valence-corrected chi connectivity index (χ3v) is 6.62. The highest BCUT2D eigenvalue weighted by Crippen LogP contribution is 2.30. The van der Waals surface area contributed by atoms with Crippen molar-refractivity contribution in [2.75, 3.05) is 25.1 Å². The Morgan fingerprint density at radius 1 is 0.941 bits per heavy atom. The number of rotatable bonds is 11. The van der Waals surface area contributed by atoms with Crippen LogP contribution in [0.4, 0.5) is 10.1 Å². The van der Waals surface area contributed by atoms with Crippen LogP contribution in [0.1, 0.15) is 19.4 Å². The Kier molecular flexibility index (Phi) is 8.61. The Balaban J connectivity index is 1.88. The third-order valence-electron chi connectivity index (χ3n) is 4.81. The molecule has 3 aromatic carbocycles. The standard InChI is InChI=1S/C25H27FN2O5S/c1-3-32-21-14-15-24(33-4-2)23(16-21)27-25(29)18-28(17-19-10-12-20(26)13-11-19)34(30,31)22-8-6-5-7-9-22/h5-16H,3-4,17-18H2,1-2H3,(H,27,29). The minimum atomic E-state index is -4.01. The van der Waals surface area contributed by atoms with E-state index in [1.165, 1.54) is 36.4 Å². The molecule has 0 saturated heterocycles. The smallest absolute Gasteiger partial charge is 0.243 e. The summed E-state index contributed by atoms with van der Waals surface area (Å²) in [4.78, 5) is 13.1. The second-order valence-corrected chi connectivity index (χ2v) is 9.22. The molecule has 0 aliphatic heterocycles. The van der Waals surface area contributed by atoms with Gasteiger partial charge in [-0.25, -0.2) is 12.8 Å². The van der Waals surface area contributed by atoms with Gasteiger partial charge in [-0.15, -0.1) is 0 Å². The molecule has 0 heterocycles. The Morgan fingerprint density at radius 2 is 1.62 bits per heavy atom. The fourth-order valence-electron chi connectivity index (χ4n) is 3.26. The topological polar surface area (TPSA) is 84.9 Å². The van der Waals surface area contributed by atoms with Crippen LogP contribution in [0, 0.1) is 5.82 Å². The van der Waals surface area contributed by atoms with E-state index in [1.807, 2.05) is 13.8 Å². The molecule has 3 rings (SSSR count). The zero-order valence-electron chi connectivity index (χ0n) is 19.0. The van der Waals surface area contributed by atoms with Gasteiger partial charge >= 0.3 is 0 Å². The van der Waals surface area contributed by atoms with E-state index >= 15 is 0 Å².